The summed E-state index contributed by atoms with van der Waals surface area (Å²) in [6.07, 6.45) is -9.99. The zero-order valence-electron chi connectivity index (χ0n) is 15.1. The highest BCUT2D eigenvalue weighted by Gasteiger charge is 2.42. The minimum absolute atomic E-state index is 0.0136. The SMILES string of the molecule is FC(F)(F)c1nn2c(C(F)(F)F)cc(-c3ccc(Br)cc3)nc2c1-c1ccc(Cl)cc1. The molecule has 0 bridgehead atoms. The van der Waals surface area contributed by atoms with E-state index in [0.29, 0.717) is 16.1 Å². The number of rotatable bonds is 2. The predicted molar refractivity (Wildman–Crippen MR) is 107 cm³/mol. The Labute approximate surface area is 184 Å². The monoisotopic (exact) mass is 519 g/mol. The van der Waals surface area contributed by atoms with Gasteiger partial charge >= 0.3 is 12.4 Å². The van der Waals surface area contributed by atoms with Crippen LogP contribution in [0.3, 0.4) is 0 Å². The molecule has 0 saturated carbocycles. The van der Waals surface area contributed by atoms with E-state index >= 15 is 0 Å². The van der Waals surface area contributed by atoms with Gasteiger partial charge in [-0.2, -0.15) is 31.4 Å². The molecule has 3 nitrogen and oxygen atoms in total. The van der Waals surface area contributed by atoms with Gasteiger partial charge in [0.2, 0.25) is 0 Å². The second-order valence-electron chi connectivity index (χ2n) is 6.49. The second kappa shape index (κ2) is 7.52. The number of alkyl halides is 6. The van der Waals surface area contributed by atoms with E-state index in [1.165, 1.54) is 36.4 Å². The number of fused-ring (bicyclic) bond motifs is 1. The van der Waals surface area contributed by atoms with Crippen LogP contribution in [-0.4, -0.2) is 14.6 Å². The number of hydrogen-bond donors (Lipinski definition) is 0. The van der Waals surface area contributed by atoms with Gasteiger partial charge in [0.1, 0.15) is 0 Å². The van der Waals surface area contributed by atoms with Crippen molar-refractivity contribution >= 4 is 33.2 Å². The molecular formula is C20H9BrClF6N3. The molecule has 2 aromatic heterocycles. The Hall–Kier alpha value is -2.59. The van der Waals surface area contributed by atoms with Crippen LogP contribution in [0.4, 0.5) is 26.3 Å². The maximum Gasteiger partial charge on any atom is 0.435 e. The van der Waals surface area contributed by atoms with Gasteiger partial charge in [0.15, 0.2) is 17.0 Å². The number of hydrogen-bond acceptors (Lipinski definition) is 2. The van der Waals surface area contributed by atoms with Crippen molar-refractivity contribution in [2.45, 2.75) is 12.4 Å². The molecule has 0 fully saturated rings. The van der Waals surface area contributed by atoms with Crippen LogP contribution in [0.15, 0.2) is 59.1 Å². The quantitative estimate of drug-likeness (QED) is 0.256. The third-order valence-electron chi connectivity index (χ3n) is 4.42. The maximum absolute atomic E-state index is 13.8. The number of nitrogens with zero attached hydrogens (tertiary/aromatic N) is 3. The largest absolute Gasteiger partial charge is 0.435 e. The summed E-state index contributed by atoms with van der Waals surface area (Å²) in [5.41, 5.74) is -3.83. The summed E-state index contributed by atoms with van der Waals surface area (Å²) in [5, 5.41) is 3.52. The zero-order chi connectivity index (χ0) is 22.6. The van der Waals surface area contributed by atoms with Crippen LogP contribution in [-0.2, 0) is 12.4 Å². The van der Waals surface area contributed by atoms with Crippen LogP contribution in [0.5, 0.6) is 0 Å². The van der Waals surface area contributed by atoms with E-state index in [0.717, 1.165) is 0 Å². The van der Waals surface area contributed by atoms with Crippen molar-refractivity contribution in [3.8, 4) is 22.4 Å². The Morgan fingerprint density at radius 3 is 1.94 bits per heavy atom. The lowest BCUT2D eigenvalue weighted by Gasteiger charge is -2.12. The van der Waals surface area contributed by atoms with Crippen LogP contribution >= 0.6 is 27.5 Å². The lowest BCUT2D eigenvalue weighted by Crippen LogP contribution is -2.14. The normalized spacial score (nSPS) is 12.5. The van der Waals surface area contributed by atoms with E-state index in [1.54, 1.807) is 12.1 Å². The minimum atomic E-state index is -5.01. The van der Waals surface area contributed by atoms with Gasteiger partial charge < -0.3 is 0 Å². The molecule has 160 valence electrons. The summed E-state index contributed by atoms with van der Waals surface area (Å²) in [6.45, 7) is 0. The fourth-order valence-corrected chi connectivity index (χ4v) is 3.46. The van der Waals surface area contributed by atoms with Crippen LogP contribution in [0.1, 0.15) is 11.4 Å². The van der Waals surface area contributed by atoms with Gasteiger partial charge in [0.25, 0.3) is 0 Å². The standard InChI is InChI=1S/C20H9BrClF6N3/c21-12-5-1-10(2-6-12)14-9-15(19(23,24)25)31-18(29-14)16(17(30-31)20(26,27)28)11-3-7-13(22)8-4-11/h1-9H. The second-order valence-corrected chi connectivity index (χ2v) is 7.85. The molecule has 0 atom stereocenters. The lowest BCUT2D eigenvalue weighted by atomic mass is 10.0. The Kier molecular flexibility index (Phi) is 5.25. The molecule has 0 amide bonds. The average molecular weight is 521 g/mol. The molecule has 2 aromatic carbocycles. The number of halogens is 8. The van der Waals surface area contributed by atoms with Crippen LogP contribution in [0.2, 0.25) is 5.02 Å². The maximum atomic E-state index is 13.8. The highest BCUT2D eigenvalue weighted by Crippen LogP contribution is 2.41. The topological polar surface area (TPSA) is 30.2 Å². The summed E-state index contributed by atoms with van der Waals surface area (Å²) in [5.74, 6) is 0. The molecule has 11 heteroatoms. The minimum Gasteiger partial charge on any atom is -0.228 e. The molecule has 0 aliphatic carbocycles. The molecule has 4 aromatic rings. The summed E-state index contributed by atoms with van der Waals surface area (Å²) < 4.78 is 83.4. The van der Waals surface area contributed by atoms with Gasteiger partial charge in [0, 0.05) is 15.1 Å². The Balaban J connectivity index is 2.12. The summed E-state index contributed by atoms with van der Waals surface area (Å²) in [7, 11) is 0. The van der Waals surface area contributed by atoms with Crippen LogP contribution in [0.25, 0.3) is 28.0 Å². The molecule has 0 unspecified atom stereocenters. The van der Waals surface area contributed by atoms with E-state index in [1.807, 2.05) is 0 Å². The van der Waals surface area contributed by atoms with E-state index < -0.39 is 35.0 Å². The molecule has 0 radical (unpaired) electrons. The van der Waals surface area contributed by atoms with E-state index in [9.17, 15) is 26.3 Å². The molecular weight excluding hydrogens is 512 g/mol. The van der Waals surface area contributed by atoms with Crippen molar-refractivity contribution in [1.82, 2.24) is 14.6 Å². The first kappa shape index (κ1) is 21.6. The van der Waals surface area contributed by atoms with E-state index in [-0.39, 0.29) is 20.8 Å². The molecule has 0 N–H and O–H groups in total. The summed E-state index contributed by atoms with van der Waals surface area (Å²) >= 11 is 9.04. The van der Waals surface area contributed by atoms with Crippen molar-refractivity contribution in [3.05, 3.63) is 75.5 Å². The first-order valence-corrected chi connectivity index (χ1v) is 9.72. The zero-order valence-corrected chi connectivity index (χ0v) is 17.4. The van der Waals surface area contributed by atoms with Gasteiger partial charge in [-0.25, -0.2) is 9.50 Å². The lowest BCUT2D eigenvalue weighted by molar-refractivity contribution is -0.146. The van der Waals surface area contributed by atoms with Crippen molar-refractivity contribution in [3.63, 3.8) is 0 Å². The number of aromatic nitrogens is 3. The molecule has 0 saturated heterocycles. The predicted octanol–water partition coefficient (Wildman–Crippen LogP) is 7.52. The van der Waals surface area contributed by atoms with E-state index in [4.69, 9.17) is 11.6 Å². The van der Waals surface area contributed by atoms with Crippen molar-refractivity contribution in [2.75, 3.05) is 0 Å². The first-order valence-electron chi connectivity index (χ1n) is 8.55. The Morgan fingerprint density at radius 1 is 0.806 bits per heavy atom. The number of benzene rings is 2. The van der Waals surface area contributed by atoms with Crippen molar-refractivity contribution in [2.24, 2.45) is 0 Å². The molecule has 4 rings (SSSR count). The highest BCUT2D eigenvalue weighted by atomic mass is 79.9. The third kappa shape index (κ3) is 4.14. The molecule has 0 aliphatic rings. The van der Waals surface area contributed by atoms with Gasteiger partial charge in [-0.15, -0.1) is 0 Å². The van der Waals surface area contributed by atoms with E-state index in [2.05, 4.69) is 26.0 Å². The molecule has 0 aliphatic heterocycles. The van der Waals surface area contributed by atoms with Gasteiger partial charge in [-0.1, -0.05) is 51.8 Å². The van der Waals surface area contributed by atoms with Gasteiger partial charge in [0.05, 0.1) is 11.3 Å². The third-order valence-corrected chi connectivity index (χ3v) is 5.20. The summed E-state index contributed by atoms with van der Waals surface area (Å²) in [4.78, 5) is 4.13. The van der Waals surface area contributed by atoms with Crippen LogP contribution < -0.4 is 0 Å². The molecule has 2 heterocycles. The Morgan fingerprint density at radius 2 is 1.39 bits per heavy atom. The smallest absolute Gasteiger partial charge is 0.228 e. The van der Waals surface area contributed by atoms with Gasteiger partial charge in [-0.05, 0) is 35.9 Å². The fourth-order valence-electron chi connectivity index (χ4n) is 3.07. The highest BCUT2D eigenvalue weighted by molar-refractivity contribution is 9.10. The van der Waals surface area contributed by atoms with Crippen LogP contribution in [0, 0.1) is 0 Å². The Bertz CT molecular complexity index is 1260. The van der Waals surface area contributed by atoms with Crippen molar-refractivity contribution < 1.29 is 26.3 Å². The van der Waals surface area contributed by atoms with Gasteiger partial charge in [-0.3, -0.25) is 0 Å². The van der Waals surface area contributed by atoms with Crippen molar-refractivity contribution in [1.29, 1.82) is 0 Å². The fraction of sp³-hybridized carbons (Fsp3) is 0.100. The molecule has 31 heavy (non-hydrogen) atoms. The average Bonchev–Trinajstić information content (AvgIpc) is 3.07. The summed E-state index contributed by atoms with van der Waals surface area (Å²) in [6, 6.07) is 12.1. The molecule has 0 spiro atoms. The first-order chi connectivity index (χ1) is 14.4.